The van der Waals surface area contributed by atoms with Crippen molar-refractivity contribution in [2.24, 2.45) is 0 Å². The Morgan fingerprint density at radius 1 is 1.11 bits per heavy atom. The molecule has 0 unspecified atom stereocenters. The molecule has 28 heavy (non-hydrogen) atoms. The maximum atomic E-state index is 12.9. The minimum atomic E-state index is -3.78. The van der Waals surface area contributed by atoms with E-state index in [1.807, 2.05) is 6.92 Å². The molecule has 0 saturated carbocycles. The Morgan fingerprint density at radius 2 is 1.82 bits per heavy atom. The van der Waals surface area contributed by atoms with Crippen molar-refractivity contribution in [3.8, 4) is 5.75 Å². The average Bonchev–Trinajstić information content (AvgIpc) is 3.17. The summed E-state index contributed by atoms with van der Waals surface area (Å²) in [5.74, 6) is 0.229. The lowest BCUT2D eigenvalue weighted by atomic mass is 10.2. The second-order valence-electron chi connectivity index (χ2n) is 6.11. The van der Waals surface area contributed by atoms with Crippen LogP contribution < -0.4 is 14.4 Å². The topological polar surface area (TPSA) is 75.7 Å². The molecule has 0 radical (unpaired) electrons. The van der Waals surface area contributed by atoms with Gasteiger partial charge in [-0.3, -0.25) is 9.10 Å². The fourth-order valence-electron chi connectivity index (χ4n) is 2.61. The van der Waals surface area contributed by atoms with E-state index in [0.717, 1.165) is 9.87 Å². The number of aryl methyl sites for hydroxylation is 1. The number of hydrogen-bond acceptors (Lipinski definition) is 5. The highest BCUT2D eigenvalue weighted by Crippen LogP contribution is 2.31. The molecule has 146 valence electrons. The minimum Gasteiger partial charge on any atom is -0.497 e. The van der Waals surface area contributed by atoms with Crippen LogP contribution in [0.1, 0.15) is 15.2 Å². The lowest BCUT2D eigenvalue weighted by Gasteiger charge is -2.20. The number of benzene rings is 2. The molecule has 6 nitrogen and oxygen atoms in total. The number of ether oxygens (including phenoxy) is 1. The van der Waals surface area contributed by atoms with Crippen LogP contribution in [0, 0.1) is 6.92 Å². The van der Waals surface area contributed by atoms with Gasteiger partial charge in [0.05, 0.1) is 17.7 Å². The van der Waals surface area contributed by atoms with Crippen LogP contribution in [0.3, 0.4) is 0 Å². The van der Waals surface area contributed by atoms with Crippen LogP contribution in [0.4, 0.5) is 11.4 Å². The van der Waals surface area contributed by atoms with Crippen molar-refractivity contribution in [3.63, 3.8) is 0 Å². The highest BCUT2D eigenvalue weighted by Gasteiger charge is 2.26. The van der Waals surface area contributed by atoms with Gasteiger partial charge < -0.3 is 10.1 Å². The van der Waals surface area contributed by atoms with Gasteiger partial charge in [-0.2, -0.15) is 0 Å². The number of carbonyl (C=O) groups excluding carboxylic acids is 1. The summed E-state index contributed by atoms with van der Waals surface area (Å²) in [4.78, 5) is 13.2. The fourth-order valence-corrected chi connectivity index (χ4v) is 4.69. The molecular weight excluding hydrogens is 396 g/mol. The van der Waals surface area contributed by atoms with Crippen LogP contribution in [0.15, 0.2) is 64.9 Å². The molecule has 0 aliphatic carbocycles. The van der Waals surface area contributed by atoms with Gasteiger partial charge in [0.15, 0.2) is 0 Å². The second kappa shape index (κ2) is 8.04. The molecule has 1 aromatic heterocycles. The number of amides is 1. The summed E-state index contributed by atoms with van der Waals surface area (Å²) in [5, 5.41) is 4.47. The van der Waals surface area contributed by atoms with Crippen LogP contribution in [-0.2, 0) is 10.0 Å². The number of methoxy groups -OCH3 is 1. The summed E-state index contributed by atoms with van der Waals surface area (Å²) in [7, 11) is -0.789. The monoisotopic (exact) mass is 416 g/mol. The van der Waals surface area contributed by atoms with E-state index in [4.69, 9.17) is 4.74 Å². The zero-order chi connectivity index (χ0) is 20.3. The minimum absolute atomic E-state index is 0.172. The largest absolute Gasteiger partial charge is 0.497 e. The molecule has 0 spiro atoms. The summed E-state index contributed by atoms with van der Waals surface area (Å²) in [6.45, 7) is 1.89. The van der Waals surface area contributed by atoms with Gasteiger partial charge >= 0.3 is 0 Å². The highest BCUT2D eigenvalue weighted by atomic mass is 32.2. The first-order chi connectivity index (χ1) is 13.3. The SMILES string of the molecule is COc1cccc(NC(=O)c2sccc2N(C)S(=O)(=O)c2ccc(C)cc2)c1. The Kier molecular flexibility index (Phi) is 5.71. The van der Waals surface area contributed by atoms with Gasteiger partial charge in [-0.1, -0.05) is 23.8 Å². The number of sulfonamides is 1. The van der Waals surface area contributed by atoms with Gasteiger partial charge in [-0.15, -0.1) is 11.3 Å². The van der Waals surface area contributed by atoms with Crippen LogP contribution in [-0.4, -0.2) is 28.5 Å². The molecule has 3 rings (SSSR count). The average molecular weight is 417 g/mol. The van der Waals surface area contributed by atoms with Crippen molar-refractivity contribution in [2.75, 3.05) is 23.8 Å². The number of nitrogens with zero attached hydrogens (tertiary/aromatic N) is 1. The number of hydrogen-bond donors (Lipinski definition) is 1. The van der Waals surface area contributed by atoms with E-state index in [-0.39, 0.29) is 10.8 Å². The zero-order valence-electron chi connectivity index (χ0n) is 15.7. The van der Waals surface area contributed by atoms with Crippen molar-refractivity contribution in [1.82, 2.24) is 0 Å². The number of thiophene rings is 1. The van der Waals surface area contributed by atoms with E-state index < -0.39 is 10.0 Å². The molecule has 2 aromatic carbocycles. The van der Waals surface area contributed by atoms with E-state index >= 15 is 0 Å². The maximum Gasteiger partial charge on any atom is 0.267 e. The maximum absolute atomic E-state index is 12.9. The van der Waals surface area contributed by atoms with Crippen molar-refractivity contribution in [1.29, 1.82) is 0 Å². The summed E-state index contributed by atoms with van der Waals surface area (Å²) in [6, 6.07) is 15.2. The van der Waals surface area contributed by atoms with Gasteiger partial charge in [0.25, 0.3) is 15.9 Å². The zero-order valence-corrected chi connectivity index (χ0v) is 17.3. The quantitative estimate of drug-likeness (QED) is 0.655. The lowest BCUT2D eigenvalue weighted by molar-refractivity contribution is 0.103. The van der Waals surface area contributed by atoms with Crippen molar-refractivity contribution < 1.29 is 17.9 Å². The Balaban J connectivity index is 1.88. The van der Waals surface area contributed by atoms with Crippen molar-refractivity contribution in [3.05, 3.63) is 70.4 Å². The normalized spacial score (nSPS) is 11.1. The number of carbonyl (C=O) groups is 1. The summed E-state index contributed by atoms with van der Waals surface area (Å²) in [6.07, 6.45) is 0. The Labute approximate surface area is 168 Å². The van der Waals surface area contributed by atoms with Crippen LogP contribution in [0.5, 0.6) is 5.75 Å². The van der Waals surface area contributed by atoms with E-state index in [0.29, 0.717) is 22.0 Å². The third kappa shape index (κ3) is 4.02. The van der Waals surface area contributed by atoms with Crippen molar-refractivity contribution >= 4 is 38.6 Å². The molecular formula is C20H20N2O4S2. The predicted molar refractivity (Wildman–Crippen MR) is 112 cm³/mol. The molecule has 1 heterocycles. The van der Waals surface area contributed by atoms with Crippen LogP contribution in [0.2, 0.25) is 0 Å². The number of anilines is 2. The fraction of sp³-hybridized carbons (Fsp3) is 0.150. The molecule has 0 aliphatic heterocycles. The van der Waals surface area contributed by atoms with E-state index in [2.05, 4.69) is 5.32 Å². The van der Waals surface area contributed by atoms with Gasteiger partial charge in [0.1, 0.15) is 10.6 Å². The molecule has 0 bridgehead atoms. The van der Waals surface area contributed by atoms with Crippen LogP contribution in [0.25, 0.3) is 0 Å². The summed E-state index contributed by atoms with van der Waals surface area (Å²) < 4.78 is 32.2. The molecule has 0 aliphatic rings. The smallest absolute Gasteiger partial charge is 0.267 e. The van der Waals surface area contributed by atoms with E-state index in [9.17, 15) is 13.2 Å². The first kappa shape index (κ1) is 19.9. The summed E-state index contributed by atoms with van der Waals surface area (Å²) in [5.41, 5.74) is 1.86. The molecule has 8 heteroatoms. The van der Waals surface area contributed by atoms with Gasteiger partial charge in [-0.05, 0) is 42.6 Å². The van der Waals surface area contributed by atoms with Crippen molar-refractivity contribution in [2.45, 2.75) is 11.8 Å². The van der Waals surface area contributed by atoms with E-state index in [1.54, 1.807) is 67.1 Å². The molecule has 1 amide bonds. The molecule has 3 aromatic rings. The third-order valence-corrected chi connectivity index (χ3v) is 6.88. The number of rotatable bonds is 6. The number of nitrogens with one attached hydrogen (secondary N) is 1. The van der Waals surface area contributed by atoms with Gasteiger partial charge in [-0.25, -0.2) is 8.42 Å². The van der Waals surface area contributed by atoms with Gasteiger partial charge in [0, 0.05) is 18.8 Å². The molecule has 0 fully saturated rings. The first-order valence-corrected chi connectivity index (χ1v) is 10.7. The lowest BCUT2D eigenvalue weighted by Crippen LogP contribution is -2.28. The highest BCUT2D eigenvalue weighted by molar-refractivity contribution is 7.92. The molecule has 0 saturated heterocycles. The summed E-state index contributed by atoms with van der Waals surface area (Å²) >= 11 is 1.18. The molecule has 1 N–H and O–H groups in total. The third-order valence-electron chi connectivity index (χ3n) is 4.20. The Morgan fingerprint density at radius 3 is 2.50 bits per heavy atom. The Bertz CT molecular complexity index is 1090. The van der Waals surface area contributed by atoms with Gasteiger partial charge in [0.2, 0.25) is 0 Å². The molecule has 0 atom stereocenters. The first-order valence-electron chi connectivity index (χ1n) is 8.41. The standard InChI is InChI=1S/C20H20N2O4S2/c1-14-7-9-17(10-8-14)28(24,25)22(2)18-11-12-27-19(18)20(23)21-15-5-4-6-16(13-15)26-3/h4-13H,1-3H3,(H,21,23). The predicted octanol–water partition coefficient (Wildman–Crippen LogP) is 4.14. The van der Waals surface area contributed by atoms with Crippen LogP contribution >= 0.6 is 11.3 Å². The Hall–Kier alpha value is -2.84. The van der Waals surface area contributed by atoms with E-state index in [1.165, 1.54) is 18.4 Å². The second-order valence-corrected chi connectivity index (χ2v) is 8.99.